The first kappa shape index (κ1) is 13.1. The minimum absolute atomic E-state index is 0.166. The molecule has 1 N–H and O–H groups in total. The van der Waals surface area contributed by atoms with E-state index < -0.39 is 0 Å². The van der Waals surface area contributed by atoms with E-state index in [0.717, 1.165) is 24.5 Å². The third-order valence-electron chi connectivity index (χ3n) is 2.77. The van der Waals surface area contributed by atoms with Crippen molar-refractivity contribution in [1.82, 2.24) is 14.9 Å². The van der Waals surface area contributed by atoms with Crippen LogP contribution in [0.5, 0.6) is 0 Å². The molecule has 0 fully saturated rings. The summed E-state index contributed by atoms with van der Waals surface area (Å²) in [5.74, 6) is 0.621. The molecule has 5 heteroatoms. The van der Waals surface area contributed by atoms with Crippen molar-refractivity contribution in [3.8, 4) is 0 Å². The molecular weight excluding hydrogens is 253 g/mol. The van der Waals surface area contributed by atoms with Gasteiger partial charge in [0.15, 0.2) is 0 Å². The number of aromatic nitrogens is 2. The number of aryl methyl sites for hydroxylation is 1. The van der Waals surface area contributed by atoms with Gasteiger partial charge >= 0.3 is 0 Å². The molecule has 1 heterocycles. The van der Waals surface area contributed by atoms with Crippen LogP contribution in [0, 0.1) is 12.7 Å². The lowest BCUT2D eigenvalue weighted by Crippen LogP contribution is -2.19. The molecule has 0 radical (unpaired) electrons. The van der Waals surface area contributed by atoms with Crippen molar-refractivity contribution in [3.05, 3.63) is 52.8 Å². The summed E-state index contributed by atoms with van der Waals surface area (Å²) in [6.45, 7) is 4.33. The van der Waals surface area contributed by atoms with Crippen LogP contribution < -0.4 is 5.32 Å². The Balaban J connectivity index is 1.78. The highest BCUT2D eigenvalue weighted by molar-refractivity contribution is 6.30. The maximum Gasteiger partial charge on any atom is 0.141 e. The maximum atomic E-state index is 13.0. The van der Waals surface area contributed by atoms with Crippen molar-refractivity contribution in [2.24, 2.45) is 0 Å². The van der Waals surface area contributed by atoms with E-state index in [1.807, 2.05) is 13.1 Å². The zero-order valence-corrected chi connectivity index (χ0v) is 10.9. The fraction of sp³-hybridized carbons (Fsp3) is 0.308. The molecule has 0 unspecified atom stereocenters. The first-order valence-electron chi connectivity index (χ1n) is 5.79. The average Bonchev–Trinajstić information content (AvgIpc) is 2.75. The largest absolute Gasteiger partial charge is 0.334 e. The van der Waals surface area contributed by atoms with Gasteiger partial charge in [-0.05, 0) is 24.6 Å². The Hall–Kier alpha value is -1.39. The molecule has 2 rings (SSSR count). The van der Waals surface area contributed by atoms with Gasteiger partial charge < -0.3 is 9.88 Å². The van der Waals surface area contributed by atoms with E-state index >= 15 is 0 Å². The number of imidazole rings is 1. The van der Waals surface area contributed by atoms with E-state index in [4.69, 9.17) is 11.6 Å². The van der Waals surface area contributed by atoms with E-state index in [0.29, 0.717) is 6.54 Å². The highest BCUT2D eigenvalue weighted by Crippen LogP contribution is 2.15. The third kappa shape index (κ3) is 3.31. The molecule has 18 heavy (non-hydrogen) atoms. The summed E-state index contributed by atoms with van der Waals surface area (Å²) in [5, 5.41) is 3.45. The molecular formula is C13H15ClFN3. The van der Waals surface area contributed by atoms with Gasteiger partial charge in [0.1, 0.15) is 11.6 Å². The number of benzene rings is 1. The summed E-state index contributed by atoms with van der Waals surface area (Å²) in [6, 6.07) is 4.77. The quantitative estimate of drug-likeness (QED) is 0.845. The summed E-state index contributed by atoms with van der Waals surface area (Å²) in [5.41, 5.74) is 0.976. The Labute approximate surface area is 111 Å². The number of hydrogen-bond donors (Lipinski definition) is 1. The first-order chi connectivity index (χ1) is 8.66. The van der Waals surface area contributed by atoms with Crippen LogP contribution >= 0.6 is 11.6 Å². The Kier molecular flexibility index (Phi) is 4.33. The van der Waals surface area contributed by atoms with Gasteiger partial charge in [-0.15, -0.1) is 0 Å². The van der Waals surface area contributed by atoms with Gasteiger partial charge in [-0.3, -0.25) is 0 Å². The molecule has 0 saturated carbocycles. The monoisotopic (exact) mass is 267 g/mol. The average molecular weight is 268 g/mol. The van der Waals surface area contributed by atoms with Crippen LogP contribution in [0.1, 0.15) is 11.4 Å². The van der Waals surface area contributed by atoms with Crippen LogP contribution in [-0.2, 0) is 13.1 Å². The standard InChI is InChI=1S/C13H15ClFN3/c1-10-17-5-7-18(10)6-4-16-9-11-2-3-13(15)12(14)8-11/h2-3,5,7-8,16H,4,6,9H2,1H3. The molecule has 3 nitrogen and oxygen atoms in total. The van der Waals surface area contributed by atoms with Crippen LogP contribution in [0.4, 0.5) is 4.39 Å². The van der Waals surface area contributed by atoms with E-state index in [-0.39, 0.29) is 10.8 Å². The molecule has 0 amide bonds. The topological polar surface area (TPSA) is 29.9 Å². The van der Waals surface area contributed by atoms with Crippen molar-refractivity contribution in [3.63, 3.8) is 0 Å². The summed E-state index contributed by atoms with van der Waals surface area (Å²) >= 11 is 5.71. The van der Waals surface area contributed by atoms with Crippen molar-refractivity contribution in [2.45, 2.75) is 20.0 Å². The highest BCUT2D eigenvalue weighted by atomic mass is 35.5. The molecule has 0 atom stereocenters. The zero-order valence-electron chi connectivity index (χ0n) is 10.2. The van der Waals surface area contributed by atoms with E-state index in [1.165, 1.54) is 6.07 Å². The van der Waals surface area contributed by atoms with Crippen LogP contribution in [0.3, 0.4) is 0 Å². The Bertz CT molecular complexity index is 525. The minimum Gasteiger partial charge on any atom is -0.334 e. The van der Waals surface area contributed by atoms with E-state index in [2.05, 4.69) is 14.9 Å². The molecule has 1 aromatic carbocycles. The molecule has 96 valence electrons. The van der Waals surface area contributed by atoms with Crippen LogP contribution in [-0.4, -0.2) is 16.1 Å². The zero-order chi connectivity index (χ0) is 13.0. The van der Waals surface area contributed by atoms with Gasteiger partial charge in [0.25, 0.3) is 0 Å². The number of nitrogens with zero attached hydrogens (tertiary/aromatic N) is 2. The van der Waals surface area contributed by atoms with Gasteiger partial charge in [-0.1, -0.05) is 17.7 Å². The van der Waals surface area contributed by atoms with Gasteiger partial charge in [0.05, 0.1) is 5.02 Å². The van der Waals surface area contributed by atoms with Crippen molar-refractivity contribution >= 4 is 11.6 Å². The number of hydrogen-bond acceptors (Lipinski definition) is 2. The van der Waals surface area contributed by atoms with Crippen LogP contribution in [0.15, 0.2) is 30.6 Å². The maximum absolute atomic E-state index is 13.0. The Morgan fingerprint density at radius 3 is 2.94 bits per heavy atom. The van der Waals surface area contributed by atoms with Crippen LogP contribution in [0.2, 0.25) is 5.02 Å². The molecule has 1 aromatic heterocycles. The fourth-order valence-electron chi connectivity index (χ4n) is 1.72. The second-order valence-electron chi connectivity index (χ2n) is 4.09. The first-order valence-corrected chi connectivity index (χ1v) is 6.17. The SMILES string of the molecule is Cc1nccn1CCNCc1ccc(F)c(Cl)c1. The second kappa shape index (κ2) is 5.98. The lowest BCUT2D eigenvalue weighted by molar-refractivity contribution is 0.586. The third-order valence-corrected chi connectivity index (χ3v) is 3.06. The highest BCUT2D eigenvalue weighted by Gasteiger charge is 2.01. The van der Waals surface area contributed by atoms with E-state index in [9.17, 15) is 4.39 Å². The fourth-order valence-corrected chi connectivity index (χ4v) is 1.93. The lowest BCUT2D eigenvalue weighted by Gasteiger charge is -2.07. The van der Waals surface area contributed by atoms with Gasteiger partial charge in [-0.2, -0.15) is 0 Å². The van der Waals surface area contributed by atoms with Crippen molar-refractivity contribution < 1.29 is 4.39 Å². The Morgan fingerprint density at radius 1 is 1.44 bits per heavy atom. The van der Waals surface area contributed by atoms with Gasteiger partial charge in [0.2, 0.25) is 0 Å². The van der Waals surface area contributed by atoms with Gasteiger partial charge in [-0.25, -0.2) is 9.37 Å². The van der Waals surface area contributed by atoms with Crippen LogP contribution in [0.25, 0.3) is 0 Å². The summed E-state index contributed by atoms with van der Waals surface area (Å²) in [4.78, 5) is 4.15. The molecule has 2 aromatic rings. The molecule has 0 aliphatic heterocycles. The second-order valence-corrected chi connectivity index (χ2v) is 4.50. The number of halogens is 2. The number of rotatable bonds is 5. The van der Waals surface area contributed by atoms with Crippen molar-refractivity contribution in [1.29, 1.82) is 0 Å². The Morgan fingerprint density at radius 2 is 2.28 bits per heavy atom. The summed E-state index contributed by atoms with van der Waals surface area (Å²) in [7, 11) is 0. The summed E-state index contributed by atoms with van der Waals surface area (Å²) in [6.07, 6.45) is 3.74. The number of nitrogens with one attached hydrogen (secondary N) is 1. The summed E-state index contributed by atoms with van der Waals surface area (Å²) < 4.78 is 15.0. The predicted molar refractivity (Wildman–Crippen MR) is 70.1 cm³/mol. The minimum atomic E-state index is -0.380. The molecule has 0 aliphatic rings. The molecule has 0 spiro atoms. The molecule has 0 saturated heterocycles. The van der Waals surface area contributed by atoms with Gasteiger partial charge in [0, 0.05) is 32.0 Å². The smallest absolute Gasteiger partial charge is 0.141 e. The molecule has 0 bridgehead atoms. The van der Waals surface area contributed by atoms with Crippen molar-refractivity contribution in [2.75, 3.05) is 6.54 Å². The predicted octanol–water partition coefficient (Wildman–Crippen LogP) is 2.77. The molecule has 0 aliphatic carbocycles. The van der Waals surface area contributed by atoms with E-state index in [1.54, 1.807) is 18.3 Å². The normalized spacial score (nSPS) is 10.8. The lowest BCUT2D eigenvalue weighted by atomic mass is 10.2.